The number of amides is 2. The maximum atomic E-state index is 12.3. The molecule has 0 aliphatic carbocycles. The number of thiazole rings is 1. The van der Waals surface area contributed by atoms with Crippen molar-refractivity contribution < 1.29 is 9.59 Å². The summed E-state index contributed by atoms with van der Waals surface area (Å²) < 4.78 is 1.06. The normalized spacial score (nSPS) is 18.5. The number of aryl methyl sites for hydroxylation is 1. The van der Waals surface area contributed by atoms with Crippen LogP contribution in [0.3, 0.4) is 0 Å². The number of nitrogens with zero attached hydrogens (tertiary/aromatic N) is 2. The van der Waals surface area contributed by atoms with E-state index in [-0.39, 0.29) is 30.2 Å². The Morgan fingerprint density at radius 2 is 2.23 bits per heavy atom. The van der Waals surface area contributed by atoms with Gasteiger partial charge < -0.3 is 10.2 Å². The Labute approximate surface area is 133 Å². The van der Waals surface area contributed by atoms with E-state index < -0.39 is 0 Å². The maximum Gasteiger partial charge on any atom is 0.231 e. The lowest BCUT2D eigenvalue weighted by Crippen LogP contribution is -2.33. The number of anilines is 1. The van der Waals surface area contributed by atoms with Gasteiger partial charge in [0.1, 0.15) is 0 Å². The van der Waals surface area contributed by atoms with Gasteiger partial charge in [-0.25, -0.2) is 4.98 Å². The first-order valence-corrected chi connectivity index (χ1v) is 8.23. The molecule has 6 heteroatoms. The fraction of sp³-hybridized carbons (Fsp3) is 0.438. The molecular formula is C16H19N3O2S. The zero-order valence-corrected chi connectivity index (χ0v) is 13.7. The molecule has 0 spiro atoms. The van der Waals surface area contributed by atoms with Crippen LogP contribution in [0.2, 0.25) is 0 Å². The van der Waals surface area contributed by atoms with Crippen LogP contribution in [0.25, 0.3) is 10.2 Å². The average molecular weight is 317 g/mol. The van der Waals surface area contributed by atoms with Gasteiger partial charge in [-0.3, -0.25) is 9.59 Å². The number of benzene rings is 1. The van der Waals surface area contributed by atoms with Crippen LogP contribution in [-0.2, 0) is 9.59 Å². The molecule has 2 heterocycles. The van der Waals surface area contributed by atoms with Crippen molar-refractivity contribution in [1.29, 1.82) is 0 Å². The van der Waals surface area contributed by atoms with Gasteiger partial charge in [0.25, 0.3) is 0 Å². The number of likely N-dealkylation sites (tertiary alicyclic amines) is 1. The molecule has 0 bridgehead atoms. The first kappa shape index (κ1) is 15.0. The van der Waals surface area contributed by atoms with Gasteiger partial charge >= 0.3 is 0 Å². The van der Waals surface area contributed by atoms with Gasteiger partial charge in [-0.1, -0.05) is 17.4 Å². The molecule has 5 nitrogen and oxygen atoms in total. The minimum atomic E-state index is -0.288. The fourth-order valence-corrected chi connectivity index (χ4v) is 3.67. The van der Waals surface area contributed by atoms with Gasteiger partial charge in [-0.05, 0) is 38.5 Å². The van der Waals surface area contributed by atoms with Crippen molar-refractivity contribution in [2.75, 3.05) is 11.9 Å². The lowest BCUT2D eigenvalue weighted by Gasteiger charge is -2.20. The summed E-state index contributed by atoms with van der Waals surface area (Å²) in [6.07, 6.45) is 0.286. The van der Waals surface area contributed by atoms with Gasteiger partial charge in [-0.15, -0.1) is 0 Å². The highest BCUT2D eigenvalue weighted by atomic mass is 32.1. The molecule has 3 rings (SSSR count). The predicted octanol–water partition coefficient (Wildman–Crippen LogP) is 2.80. The molecule has 0 saturated carbocycles. The molecule has 1 atom stereocenters. The standard InChI is InChI=1S/C16H19N3O2S/c1-9(2)19-8-11(7-14(19)20)15(21)18-16-17-12-5-4-10(3)6-13(12)22-16/h4-6,9,11H,7-8H2,1-3H3,(H,17,18,21)/t11-/m0/s1. The Balaban J connectivity index is 1.72. The molecule has 1 aliphatic rings. The van der Waals surface area contributed by atoms with Crippen LogP contribution >= 0.6 is 11.3 Å². The van der Waals surface area contributed by atoms with Gasteiger partial charge in [0.15, 0.2) is 5.13 Å². The van der Waals surface area contributed by atoms with E-state index in [0.29, 0.717) is 11.7 Å². The third kappa shape index (κ3) is 2.83. The molecule has 1 aromatic carbocycles. The van der Waals surface area contributed by atoms with Crippen LogP contribution in [0.15, 0.2) is 18.2 Å². The van der Waals surface area contributed by atoms with E-state index in [1.54, 1.807) is 4.90 Å². The lowest BCUT2D eigenvalue weighted by atomic mass is 10.1. The summed E-state index contributed by atoms with van der Waals surface area (Å²) in [4.78, 5) is 30.4. The number of aromatic nitrogens is 1. The van der Waals surface area contributed by atoms with Crippen molar-refractivity contribution in [3.05, 3.63) is 23.8 Å². The van der Waals surface area contributed by atoms with Crippen molar-refractivity contribution in [3.63, 3.8) is 0 Å². The first-order chi connectivity index (χ1) is 10.4. The summed E-state index contributed by atoms with van der Waals surface area (Å²) in [5.74, 6) is -0.356. The molecule has 1 fully saturated rings. The number of rotatable bonds is 3. The topological polar surface area (TPSA) is 62.3 Å². The van der Waals surface area contributed by atoms with E-state index in [1.807, 2.05) is 32.9 Å². The largest absolute Gasteiger partial charge is 0.339 e. The molecule has 2 aromatic rings. The van der Waals surface area contributed by atoms with Crippen LogP contribution < -0.4 is 5.32 Å². The fourth-order valence-electron chi connectivity index (χ4n) is 2.70. The third-order valence-electron chi connectivity index (χ3n) is 3.93. The Kier molecular flexibility index (Phi) is 3.87. The molecule has 22 heavy (non-hydrogen) atoms. The van der Waals surface area contributed by atoms with Crippen molar-refractivity contribution in [1.82, 2.24) is 9.88 Å². The zero-order valence-electron chi connectivity index (χ0n) is 12.9. The van der Waals surface area contributed by atoms with Crippen molar-refractivity contribution in [3.8, 4) is 0 Å². The third-order valence-corrected chi connectivity index (χ3v) is 4.86. The van der Waals surface area contributed by atoms with Crippen LogP contribution in [0.1, 0.15) is 25.8 Å². The van der Waals surface area contributed by atoms with Crippen molar-refractivity contribution in [2.45, 2.75) is 33.2 Å². The van der Waals surface area contributed by atoms with E-state index in [9.17, 15) is 9.59 Å². The highest BCUT2D eigenvalue weighted by Gasteiger charge is 2.35. The zero-order chi connectivity index (χ0) is 15.9. The summed E-state index contributed by atoms with van der Waals surface area (Å²) in [5, 5.41) is 3.46. The lowest BCUT2D eigenvalue weighted by molar-refractivity contribution is -0.129. The van der Waals surface area contributed by atoms with E-state index in [2.05, 4.69) is 16.4 Å². The Bertz CT molecular complexity index is 738. The summed E-state index contributed by atoms with van der Waals surface area (Å²) in [7, 11) is 0. The van der Waals surface area contributed by atoms with E-state index in [0.717, 1.165) is 10.2 Å². The second-order valence-corrected chi connectivity index (χ2v) is 7.05. The summed E-state index contributed by atoms with van der Waals surface area (Å²) in [5.41, 5.74) is 2.06. The number of hydrogen-bond acceptors (Lipinski definition) is 4. The predicted molar refractivity (Wildman–Crippen MR) is 87.9 cm³/mol. The van der Waals surface area contributed by atoms with Gasteiger partial charge in [0.2, 0.25) is 11.8 Å². The molecule has 116 valence electrons. The van der Waals surface area contributed by atoms with Crippen molar-refractivity contribution >= 4 is 38.5 Å². The molecule has 1 aromatic heterocycles. The molecular weight excluding hydrogens is 298 g/mol. The maximum absolute atomic E-state index is 12.3. The smallest absolute Gasteiger partial charge is 0.231 e. The van der Waals surface area contributed by atoms with Gasteiger partial charge in [-0.2, -0.15) is 0 Å². The molecule has 0 radical (unpaired) electrons. The summed E-state index contributed by atoms with van der Waals surface area (Å²) in [6.45, 7) is 6.45. The van der Waals surface area contributed by atoms with Gasteiger partial charge in [0.05, 0.1) is 16.1 Å². The monoisotopic (exact) mass is 317 g/mol. The van der Waals surface area contributed by atoms with E-state index >= 15 is 0 Å². The summed E-state index contributed by atoms with van der Waals surface area (Å²) in [6, 6.07) is 6.15. The van der Waals surface area contributed by atoms with Crippen molar-refractivity contribution in [2.24, 2.45) is 5.92 Å². The van der Waals surface area contributed by atoms with Crippen LogP contribution in [-0.4, -0.2) is 34.3 Å². The Morgan fingerprint density at radius 3 is 2.91 bits per heavy atom. The van der Waals surface area contributed by atoms with Crippen LogP contribution in [0.4, 0.5) is 5.13 Å². The van der Waals surface area contributed by atoms with Crippen LogP contribution in [0.5, 0.6) is 0 Å². The quantitative estimate of drug-likeness (QED) is 0.947. The SMILES string of the molecule is Cc1ccc2nc(NC(=O)[C@H]3CC(=O)N(C(C)C)C3)sc2c1. The minimum absolute atomic E-state index is 0.0510. The van der Waals surface area contributed by atoms with Crippen LogP contribution in [0, 0.1) is 12.8 Å². The van der Waals surface area contributed by atoms with E-state index in [4.69, 9.17) is 0 Å². The number of fused-ring (bicyclic) bond motifs is 1. The molecule has 1 saturated heterocycles. The number of hydrogen-bond donors (Lipinski definition) is 1. The number of carbonyl (C=O) groups is 2. The highest BCUT2D eigenvalue weighted by Crippen LogP contribution is 2.28. The van der Waals surface area contributed by atoms with E-state index in [1.165, 1.54) is 16.9 Å². The second kappa shape index (κ2) is 5.68. The summed E-state index contributed by atoms with van der Waals surface area (Å²) >= 11 is 1.46. The Hall–Kier alpha value is -1.95. The average Bonchev–Trinajstić information content (AvgIpc) is 3.01. The molecule has 0 unspecified atom stereocenters. The van der Waals surface area contributed by atoms with Gasteiger partial charge in [0, 0.05) is 19.0 Å². The highest BCUT2D eigenvalue weighted by molar-refractivity contribution is 7.22. The Morgan fingerprint density at radius 1 is 1.45 bits per heavy atom. The molecule has 2 amide bonds. The second-order valence-electron chi connectivity index (χ2n) is 6.02. The minimum Gasteiger partial charge on any atom is -0.339 e. The number of nitrogens with one attached hydrogen (secondary N) is 1. The number of carbonyl (C=O) groups excluding carboxylic acids is 2. The molecule has 1 aliphatic heterocycles. The first-order valence-electron chi connectivity index (χ1n) is 7.41. The molecule has 1 N–H and O–H groups in total.